The van der Waals surface area contributed by atoms with Crippen LogP contribution in [0.4, 0.5) is 4.79 Å². The Morgan fingerprint density at radius 2 is 2.21 bits per heavy atom. The zero-order valence-corrected chi connectivity index (χ0v) is 11.6. The Hall–Kier alpha value is -1.75. The van der Waals surface area contributed by atoms with E-state index in [9.17, 15) is 4.79 Å². The molecule has 1 saturated heterocycles. The van der Waals surface area contributed by atoms with Gasteiger partial charge < -0.3 is 15.2 Å². The van der Waals surface area contributed by atoms with E-state index in [1.807, 2.05) is 19.9 Å². The number of rotatable bonds is 4. The Balaban J connectivity index is 2.21. The molecule has 1 aromatic carbocycles. The smallest absolute Gasteiger partial charge is 0.410 e. The average Bonchev–Trinajstić information content (AvgIpc) is 2.70. The van der Waals surface area contributed by atoms with Gasteiger partial charge >= 0.3 is 6.09 Å². The number of nitrogens with zero attached hydrogens (tertiary/aromatic N) is 1. The molecule has 0 saturated carbocycles. The lowest BCUT2D eigenvalue weighted by Gasteiger charge is -2.17. The number of methoxy groups -OCH3 is 1. The van der Waals surface area contributed by atoms with E-state index in [0.717, 1.165) is 22.4 Å². The molecule has 1 fully saturated rings. The lowest BCUT2D eigenvalue weighted by atomic mass is 10.1. The SMILES string of the molecule is COc1c(C)cc(C)cc1CN1CC(CN)OC1=O. The van der Waals surface area contributed by atoms with Crippen LogP contribution in [0.15, 0.2) is 12.1 Å². The maximum Gasteiger partial charge on any atom is 0.410 e. The van der Waals surface area contributed by atoms with Gasteiger partial charge in [-0.2, -0.15) is 0 Å². The topological polar surface area (TPSA) is 64.8 Å². The summed E-state index contributed by atoms with van der Waals surface area (Å²) in [6.07, 6.45) is -0.513. The Labute approximate surface area is 113 Å². The van der Waals surface area contributed by atoms with Crippen LogP contribution in [0, 0.1) is 13.8 Å². The third-order valence-electron chi connectivity index (χ3n) is 3.27. The number of hydrogen-bond acceptors (Lipinski definition) is 4. The highest BCUT2D eigenvalue weighted by Crippen LogP contribution is 2.27. The number of hydrogen-bond donors (Lipinski definition) is 1. The molecule has 0 spiro atoms. The predicted molar refractivity (Wildman–Crippen MR) is 72.2 cm³/mol. The molecule has 1 unspecified atom stereocenters. The third-order valence-corrected chi connectivity index (χ3v) is 3.27. The average molecular weight is 264 g/mol. The second-order valence-electron chi connectivity index (χ2n) is 4.90. The van der Waals surface area contributed by atoms with Crippen LogP contribution in [-0.4, -0.2) is 37.3 Å². The molecular formula is C14H20N2O3. The molecule has 104 valence electrons. The second-order valence-corrected chi connectivity index (χ2v) is 4.90. The molecule has 1 aromatic rings. The van der Waals surface area contributed by atoms with Crippen molar-refractivity contribution in [1.82, 2.24) is 4.90 Å². The summed E-state index contributed by atoms with van der Waals surface area (Å²) in [6.45, 7) is 5.40. The normalized spacial score (nSPS) is 18.6. The molecule has 2 N–H and O–H groups in total. The zero-order chi connectivity index (χ0) is 14.0. The van der Waals surface area contributed by atoms with Gasteiger partial charge in [-0.05, 0) is 19.4 Å². The summed E-state index contributed by atoms with van der Waals surface area (Å²) in [5, 5.41) is 0. The number of carbonyl (C=O) groups excluding carboxylic acids is 1. The molecule has 2 rings (SSSR count). The molecule has 1 aliphatic rings. The maximum atomic E-state index is 11.7. The number of cyclic esters (lactones) is 1. The lowest BCUT2D eigenvalue weighted by molar-refractivity contribution is 0.134. The molecule has 1 aliphatic heterocycles. The predicted octanol–water partition coefficient (Wildman–Crippen LogP) is 1.59. The first-order chi connectivity index (χ1) is 9.05. The molecule has 0 radical (unpaired) electrons. The second kappa shape index (κ2) is 5.48. The van der Waals surface area contributed by atoms with Crippen LogP contribution in [-0.2, 0) is 11.3 Å². The van der Waals surface area contributed by atoms with Crippen LogP contribution in [0.5, 0.6) is 5.75 Å². The van der Waals surface area contributed by atoms with Gasteiger partial charge in [0.2, 0.25) is 0 Å². The first-order valence-electron chi connectivity index (χ1n) is 6.35. The van der Waals surface area contributed by atoms with Crippen molar-refractivity contribution < 1.29 is 14.3 Å². The number of carbonyl (C=O) groups is 1. The standard InChI is InChI=1S/C14H20N2O3/c1-9-4-10(2)13(18-3)11(5-9)7-16-8-12(6-15)19-14(16)17/h4-5,12H,6-8,15H2,1-3H3. The largest absolute Gasteiger partial charge is 0.496 e. The van der Waals surface area contributed by atoms with Gasteiger partial charge in [-0.1, -0.05) is 17.7 Å². The molecule has 1 heterocycles. The van der Waals surface area contributed by atoms with E-state index in [0.29, 0.717) is 19.6 Å². The number of ether oxygens (including phenoxy) is 2. The minimum absolute atomic E-state index is 0.204. The molecule has 19 heavy (non-hydrogen) atoms. The zero-order valence-electron chi connectivity index (χ0n) is 11.6. The summed E-state index contributed by atoms with van der Waals surface area (Å²) in [6, 6.07) is 4.10. The van der Waals surface area contributed by atoms with E-state index in [1.165, 1.54) is 0 Å². The highest BCUT2D eigenvalue weighted by molar-refractivity contribution is 5.70. The molecule has 5 nitrogen and oxygen atoms in total. The van der Waals surface area contributed by atoms with E-state index in [4.69, 9.17) is 15.2 Å². The first kappa shape index (κ1) is 13.7. The van der Waals surface area contributed by atoms with Crippen molar-refractivity contribution in [1.29, 1.82) is 0 Å². The number of nitrogens with two attached hydrogens (primary N) is 1. The minimum Gasteiger partial charge on any atom is -0.496 e. The van der Waals surface area contributed by atoms with Crippen LogP contribution < -0.4 is 10.5 Å². The summed E-state index contributed by atoms with van der Waals surface area (Å²) in [7, 11) is 1.64. The fourth-order valence-corrected chi connectivity index (χ4v) is 2.48. The van der Waals surface area contributed by atoms with Gasteiger partial charge in [0.15, 0.2) is 0 Å². The molecular weight excluding hydrogens is 244 g/mol. The van der Waals surface area contributed by atoms with Crippen molar-refractivity contribution in [3.05, 3.63) is 28.8 Å². The fraction of sp³-hybridized carbons (Fsp3) is 0.500. The quantitative estimate of drug-likeness (QED) is 0.897. The van der Waals surface area contributed by atoms with Crippen molar-refractivity contribution in [2.24, 2.45) is 5.73 Å². The van der Waals surface area contributed by atoms with Crippen LogP contribution in [0.1, 0.15) is 16.7 Å². The molecule has 5 heteroatoms. The van der Waals surface area contributed by atoms with E-state index < -0.39 is 0 Å². The van der Waals surface area contributed by atoms with Gasteiger partial charge in [-0.25, -0.2) is 4.79 Å². The number of aryl methyl sites for hydroxylation is 2. The van der Waals surface area contributed by atoms with E-state index in [-0.39, 0.29) is 12.2 Å². The highest BCUT2D eigenvalue weighted by atomic mass is 16.6. The maximum absolute atomic E-state index is 11.7. The third kappa shape index (κ3) is 2.81. The number of benzene rings is 1. The monoisotopic (exact) mass is 264 g/mol. The Morgan fingerprint density at radius 3 is 2.79 bits per heavy atom. The first-order valence-corrected chi connectivity index (χ1v) is 6.35. The minimum atomic E-state index is -0.309. The summed E-state index contributed by atoms with van der Waals surface area (Å²) >= 11 is 0. The van der Waals surface area contributed by atoms with Gasteiger partial charge in [0, 0.05) is 12.1 Å². The van der Waals surface area contributed by atoms with E-state index in [2.05, 4.69) is 6.07 Å². The van der Waals surface area contributed by atoms with Crippen molar-refractivity contribution in [2.75, 3.05) is 20.2 Å². The van der Waals surface area contributed by atoms with Crippen molar-refractivity contribution in [3.8, 4) is 5.75 Å². The molecule has 0 aromatic heterocycles. The van der Waals surface area contributed by atoms with Gasteiger partial charge in [0.25, 0.3) is 0 Å². The summed E-state index contributed by atoms with van der Waals surface area (Å²) < 4.78 is 10.6. The molecule has 0 aliphatic carbocycles. The van der Waals surface area contributed by atoms with Crippen LogP contribution in [0.3, 0.4) is 0 Å². The molecule has 1 amide bonds. The summed E-state index contributed by atoms with van der Waals surface area (Å²) in [4.78, 5) is 13.4. The fourth-order valence-electron chi connectivity index (χ4n) is 2.48. The Morgan fingerprint density at radius 1 is 1.47 bits per heavy atom. The van der Waals surface area contributed by atoms with Crippen molar-refractivity contribution in [2.45, 2.75) is 26.5 Å². The Bertz CT molecular complexity index is 488. The van der Waals surface area contributed by atoms with Crippen LogP contribution in [0.2, 0.25) is 0 Å². The van der Waals surface area contributed by atoms with Gasteiger partial charge in [-0.15, -0.1) is 0 Å². The van der Waals surface area contributed by atoms with Crippen molar-refractivity contribution >= 4 is 6.09 Å². The lowest BCUT2D eigenvalue weighted by Crippen LogP contribution is -2.27. The van der Waals surface area contributed by atoms with Gasteiger partial charge in [-0.3, -0.25) is 4.90 Å². The summed E-state index contributed by atoms with van der Waals surface area (Å²) in [5.74, 6) is 0.828. The van der Waals surface area contributed by atoms with Crippen molar-refractivity contribution in [3.63, 3.8) is 0 Å². The van der Waals surface area contributed by atoms with E-state index >= 15 is 0 Å². The molecule has 1 atom stereocenters. The molecule has 0 bridgehead atoms. The van der Waals surface area contributed by atoms with E-state index in [1.54, 1.807) is 12.0 Å². The Kier molecular flexibility index (Phi) is 3.95. The van der Waals surface area contributed by atoms with Crippen LogP contribution in [0.25, 0.3) is 0 Å². The van der Waals surface area contributed by atoms with Gasteiger partial charge in [0.05, 0.1) is 20.2 Å². The van der Waals surface area contributed by atoms with Crippen LogP contribution >= 0.6 is 0 Å². The summed E-state index contributed by atoms with van der Waals surface area (Å²) in [5.41, 5.74) is 8.74. The highest BCUT2D eigenvalue weighted by Gasteiger charge is 2.30. The van der Waals surface area contributed by atoms with Gasteiger partial charge in [0.1, 0.15) is 11.9 Å². The number of amides is 1.